The average Bonchev–Trinajstić information content (AvgIpc) is 3.76. The minimum atomic E-state index is -0.732. The first-order valence-corrected chi connectivity index (χ1v) is 14.4. The molecule has 2 fully saturated rings. The molecule has 3 aromatic rings. The average molecular weight is 577 g/mol. The molecule has 2 N–H and O–H groups in total. The van der Waals surface area contributed by atoms with Crippen LogP contribution in [0.4, 0.5) is 26.1 Å². The summed E-state index contributed by atoms with van der Waals surface area (Å²) in [5.41, 5.74) is 3.36. The second-order valence-corrected chi connectivity index (χ2v) is 11.3. The molecular weight excluding hydrogens is 542 g/mol. The van der Waals surface area contributed by atoms with Crippen LogP contribution in [0.5, 0.6) is 0 Å². The van der Waals surface area contributed by atoms with Crippen molar-refractivity contribution in [2.45, 2.75) is 44.6 Å². The summed E-state index contributed by atoms with van der Waals surface area (Å²) in [5, 5.41) is 6.12. The van der Waals surface area contributed by atoms with Crippen molar-refractivity contribution >= 4 is 29.1 Å². The molecule has 1 aromatic heterocycles. The first kappa shape index (κ1) is 28.2. The van der Waals surface area contributed by atoms with Crippen LogP contribution in [0.25, 0.3) is 0 Å². The van der Waals surface area contributed by atoms with Crippen molar-refractivity contribution in [2.75, 3.05) is 54.9 Å². The van der Waals surface area contributed by atoms with E-state index in [2.05, 4.69) is 20.5 Å². The van der Waals surface area contributed by atoms with Crippen LogP contribution in [0.15, 0.2) is 42.6 Å². The number of ether oxygens (including phenoxy) is 1. The second kappa shape index (κ2) is 11.7. The molecular formula is C31H34F2N6O3. The summed E-state index contributed by atoms with van der Waals surface area (Å²) in [6.45, 7) is 7.46. The predicted octanol–water partition coefficient (Wildman–Crippen LogP) is 3.96. The van der Waals surface area contributed by atoms with Gasteiger partial charge in [-0.1, -0.05) is 6.07 Å². The van der Waals surface area contributed by atoms with Gasteiger partial charge in [0.2, 0.25) is 17.8 Å². The smallest absolute Gasteiger partial charge is 0.239 e. The Bertz CT molecular complexity index is 1490. The Balaban J connectivity index is 1.14. The van der Waals surface area contributed by atoms with Crippen LogP contribution < -0.4 is 15.5 Å². The number of carbonyl (C=O) groups excluding carboxylic acids is 2. The highest BCUT2D eigenvalue weighted by atomic mass is 19.1. The highest BCUT2D eigenvalue weighted by Crippen LogP contribution is 2.53. The van der Waals surface area contributed by atoms with E-state index in [1.54, 1.807) is 17.0 Å². The Kier molecular flexibility index (Phi) is 7.87. The largest absolute Gasteiger partial charge is 0.379 e. The van der Waals surface area contributed by atoms with Crippen LogP contribution in [-0.4, -0.2) is 66.1 Å². The van der Waals surface area contributed by atoms with E-state index in [9.17, 15) is 18.4 Å². The number of morpholine rings is 1. The first-order chi connectivity index (χ1) is 20.3. The van der Waals surface area contributed by atoms with E-state index in [1.807, 2.05) is 19.2 Å². The lowest BCUT2D eigenvalue weighted by molar-refractivity contribution is -0.121. The van der Waals surface area contributed by atoms with E-state index in [0.717, 1.165) is 93.7 Å². The van der Waals surface area contributed by atoms with Crippen molar-refractivity contribution < 1.29 is 23.1 Å². The maximum absolute atomic E-state index is 13.9. The highest BCUT2D eigenvalue weighted by molar-refractivity contribution is 6.05. The van der Waals surface area contributed by atoms with Crippen molar-refractivity contribution in [3.63, 3.8) is 0 Å². The van der Waals surface area contributed by atoms with Crippen molar-refractivity contribution in [2.24, 2.45) is 0 Å². The topological polar surface area (TPSA) is 99.7 Å². The molecule has 1 saturated carbocycles. The van der Waals surface area contributed by atoms with Gasteiger partial charge >= 0.3 is 0 Å². The number of hydrogen-bond acceptors (Lipinski definition) is 7. The molecule has 0 atom stereocenters. The van der Waals surface area contributed by atoms with Gasteiger partial charge in [0.25, 0.3) is 0 Å². The van der Waals surface area contributed by atoms with Crippen LogP contribution >= 0.6 is 0 Å². The minimum absolute atomic E-state index is 0.00576. The third-order valence-electron chi connectivity index (χ3n) is 8.16. The standard InChI is InChI=1S/C31H34F2N6O3/c1-20-3-4-25(36-27(40)15-21-13-23(32)16-24(33)14-21)17-26(20)39-19-22-18-35-30(37-28(22)31(5-6-31)29(39)41)34-7-2-8-38-9-11-42-12-10-38/h3-4,13-14,16-18H,2,5-12,15,19H2,1H3,(H,36,40)(H,34,35,37). The Hall–Kier alpha value is -3.96. The first-order valence-electron chi connectivity index (χ1n) is 14.4. The zero-order chi connectivity index (χ0) is 29.3. The number of benzene rings is 2. The van der Waals surface area contributed by atoms with Crippen LogP contribution in [-0.2, 0) is 32.7 Å². The summed E-state index contributed by atoms with van der Waals surface area (Å²) in [4.78, 5) is 40.0. The maximum atomic E-state index is 13.9. The normalized spacial score (nSPS) is 17.7. The van der Waals surface area contributed by atoms with E-state index in [4.69, 9.17) is 9.72 Å². The van der Waals surface area contributed by atoms with Gasteiger partial charge in [-0.15, -0.1) is 0 Å². The molecule has 11 heteroatoms. The van der Waals surface area contributed by atoms with Crippen LogP contribution in [0, 0.1) is 18.6 Å². The van der Waals surface area contributed by atoms with Crippen LogP contribution in [0.1, 0.15) is 41.6 Å². The van der Waals surface area contributed by atoms with Gasteiger partial charge in [-0.25, -0.2) is 18.7 Å². The molecule has 42 heavy (non-hydrogen) atoms. The van der Waals surface area contributed by atoms with E-state index in [0.29, 0.717) is 23.9 Å². The van der Waals surface area contributed by atoms with E-state index in [1.165, 1.54) is 0 Å². The van der Waals surface area contributed by atoms with Gasteiger partial charge in [0, 0.05) is 48.8 Å². The summed E-state index contributed by atoms with van der Waals surface area (Å²) < 4.78 is 32.5. The molecule has 3 heterocycles. The fraction of sp³-hybridized carbons (Fsp3) is 0.419. The van der Waals surface area contributed by atoms with Gasteiger partial charge in [-0.05, 0) is 68.1 Å². The molecule has 0 bridgehead atoms. The number of halogens is 2. The van der Waals surface area contributed by atoms with E-state index in [-0.39, 0.29) is 17.9 Å². The number of carbonyl (C=O) groups is 2. The van der Waals surface area contributed by atoms with Gasteiger partial charge in [0.1, 0.15) is 11.6 Å². The lowest BCUT2D eigenvalue weighted by Gasteiger charge is -2.34. The third-order valence-corrected chi connectivity index (χ3v) is 8.16. The SMILES string of the molecule is Cc1ccc(NC(=O)Cc2cc(F)cc(F)c2)cc1N1Cc2cnc(NCCCN3CCOCC3)nc2C2(CC2)C1=O. The quantitative estimate of drug-likeness (QED) is 0.372. The molecule has 6 rings (SSSR count). The predicted molar refractivity (Wildman–Crippen MR) is 154 cm³/mol. The maximum Gasteiger partial charge on any atom is 0.239 e. The van der Waals surface area contributed by atoms with Gasteiger partial charge < -0.3 is 20.3 Å². The molecule has 0 unspecified atom stereocenters. The van der Waals surface area contributed by atoms with Gasteiger partial charge in [-0.3, -0.25) is 14.5 Å². The summed E-state index contributed by atoms with van der Waals surface area (Å²) in [5.74, 6) is -1.34. The molecule has 3 aliphatic rings. The number of rotatable bonds is 9. The van der Waals surface area contributed by atoms with Gasteiger partial charge in [-0.2, -0.15) is 0 Å². The molecule has 2 amide bonds. The number of aryl methyl sites for hydroxylation is 1. The van der Waals surface area contributed by atoms with E-state index >= 15 is 0 Å². The summed E-state index contributed by atoms with van der Waals surface area (Å²) >= 11 is 0. The van der Waals surface area contributed by atoms with Gasteiger partial charge in [0.15, 0.2) is 0 Å². The van der Waals surface area contributed by atoms with Crippen molar-refractivity contribution in [3.05, 3.63) is 76.6 Å². The van der Waals surface area contributed by atoms with Crippen molar-refractivity contribution in [1.29, 1.82) is 0 Å². The van der Waals surface area contributed by atoms with Crippen molar-refractivity contribution in [3.8, 4) is 0 Å². The van der Waals surface area contributed by atoms with E-state index < -0.39 is 23.0 Å². The number of anilines is 3. The Morgan fingerprint density at radius 2 is 1.86 bits per heavy atom. The Morgan fingerprint density at radius 1 is 1.10 bits per heavy atom. The lowest BCUT2D eigenvalue weighted by atomic mass is 9.91. The highest BCUT2D eigenvalue weighted by Gasteiger charge is 2.58. The van der Waals surface area contributed by atoms with Gasteiger partial charge in [0.05, 0.1) is 37.3 Å². The lowest BCUT2D eigenvalue weighted by Crippen LogP contribution is -2.45. The van der Waals surface area contributed by atoms with Crippen molar-refractivity contribution in [1.82, 2.24) is 14.9 Å². The fourth-order valence-corrected chi connectivity index (χ4v) is 5.80. The molecule has 2 aromatic carbocycles. The number of fused-ring (bicyclic) bond motifs is 2. The summed E-state index contributed by atoms with van der Waals surface area (Å²) in [6, 6.07) is 8.40. The molecule has 220 valence electrons. The number of nitrogens with zero attached hydrogens (tertiary/aromatic N) is 4. The summed E-state index contributed by atoms with van der Waals surface area (Å²) in [6.07, 6.45) is 4.04. The van der Waals surface area contributed by atoms with Crippen LogP contribution in [0.2, 0.25) is 0 Å². The molecule has 2 aliphatic heterocycles. The molecule has 0 radical (unpaired) electrons. The second-order valence-electron chi connectivity index (χ2n) is 11.3. The number of aromatic nitrogens is 2. The number of amides is 2. The number of nitrogens with one attached hydrogen (secondary N) is 2. The summed E-state index contributed by atoms with van der Waals surface area (Å²) in [7, 11) is 0. The molecule has 9 nitrogen and oxygen atoms in total. The zero-order valence-electron chi connectivity index (χ0n) is 23.6. The number of hydrogen-bond donors (Lipinski definition) is 2. The molecule has 1 spiro atoms. The Morgan fingerprint density at radius 3 is 2.60 bits per heavy atom. The molecule has 1 saturated heterocycles. The van der Waals surface area contributed by atoms with Crippen LogP contribution in [0.3, 0.4) is 0 Å². The minimum Gasteiger partial charge on any atom is -0.379 e. The fourth-order valence-electron chi connectivity index (χ4n) is 5.80. The third kappa shape index (κ3) is 5.98. The monoisotopic (exact) mass is 576 g/mol. The molecule has 1 aliphatic carbocycles. The zero-order valence-corrected chi connectivity index (χ0v) is 23.6. The Labute approximate surface area is 243 Å².